The summed E-state index contributed by atoms with van der Waals surface area (Å²) in [4.78, 5) is 14.7. The third kappa shape index (κ3) is 3.54. The molecular formula is C19H22N4O4S. The number of rotatable bonds is 4. The molecule has 0 bridgehead atoms. The van der Waals surface area contributed by atoms with Gasteiger partial charge in [0.05, 0.1) is 5.69 Å². The average molecular weight is 402 g/mol. The van der Waals surface area contributed by atoms with Gasteiger partial charge in [-0.2, -0.15) is 8.42 Å². The Morgan fingerprint density at radius 1 is 1.36 bits per heavy atom. The van der Waals surface area contributed by atoms with E-state index in [-0.39, 0.29) is 16.7 Å². The maximum Gasteiger partial charge on any atom is 0.286 e. The highest BCUT2D eigenvalue weighted by atomic mass is 32.2. The first kappa shape index (κ1) is 18.7. The van der Waals surface area contributed by atoms with E-state index in [1.54, 1.807) is 29.2 Å². The molecule has 1 amide bonds. The Balaban J connectivity index is 1.53. The number of aryl methyl sites for hydroxylation is 1. The number of carbonyl (C=O) groups excluding carboxylic acids is 1. The lowest BCUT2D eigenvalue weighted by atomic mass is 9.96. The number of hydrogen-bond donors (Lipinski definition) is 1. The molecule has 0 spiro atoms. The zero-order chi connectivity index (χ0) is 19.7. The van der Waals surface area contributed by atoms with Crippen LogP contribution in [0.5, 0.6) is 0 Å². The molecule has 9 heteroatoms. The lowest BCUT2D eigenvalue weighted by Crippen LogP contribution is -2.44. The van der Waals surface area contributed by atoms with Crippen LogP contribution >= 0.6 is 0 Å². The van der Waals surface area contributed by atoms with Crippen molar-refractivity contribution in [3.05, 3.63) is 41.8 Å². The van der Waals surface area contributed by atoms with Gasteiger partial charge in [0.1, 0.15) is 16.5 Å². The minimum Gasteiger partial charge on any atom is -0.361 e. The molecule has 28 heavy (non-hydrogen) atoms. The molecule has 2 aromatic rings. The van der Waals surface area contributed by atoms with Gasteiger partial charge in [0.2, 0.25) is 0 Å². The molecule has 1 fully saturated rings. The fourth-order valence-corrected chi connectivity index (χ4v) is 4.84. The van der Waals surface area contributed by atoms with E-state index < -0.39 is 10.0 Å². The molecule has 2 aliphatic rings. The van der Waals surface area contributed by atoms with Crippen LogP contribution < -0.4 is 5.32 Å². The van der Waals surface area contributed by atoms with Crippen molar-refractivity contribution in [3.8, 4) is 0 Å². The lowest BCUT2D eigenvalue weighted by molar-refractivity contribution is 0.0692. The van der Waals surface area contributed by atoms with Gasteiger partial charge in [-0.3, -0.25) is 4.79 Å². The monoisotopic (exact) mass is 402 g/mol. The van der Waals surface area contributed by atoms with E-state index in [1.807, 2.05) is 6.92 Å². The highest BCUT2D eigenvalue weighted by Crippen LogP contribution is 2.30. The summed E-state index contributed by atoms with van der Waals surface area (Å²) < 4.78 is 34.2. The minimum atomic E-state index is -3.74. The first-order chi connectivity index (χ1) is 13.5. The Labute approximate surface area is 163 Å². The molecule has 2 aliphatic heterocycles. The van der Waals surface area contributed by atoms with Gasteiger partial charge in [-0.15, -0.1) is 4.40 Å². The van der Waals surface area contributed by atoms with Crippen molar-refractivity contribution in [2.75, 3.05) is 18.4 Å². The number of likely N-dealkylation sites (tertiary alicyclic amines) is 1. The first-order valence-electron chi connectivity index (χ1n) is 9.43. The molecule has 1 aromatic heterocycles. The molecule has 0 saturated carbocycles. The molecule has 1 atom stereocenters. The van der Waals surface area contributed by atoms with Crippen LogP contribution in [0.4, 0.5) is 5.69 Å². The van der Waals surface area contributed by atoms with Crippen molar-refractivity contribution < 1.29 is 17.7 Å². The number of carbonyl (C=O) groups is 1. The molecule has 4 rings (SSSR count). The second-order valence-electron chi connectivity index (χ2n) is 7.09. The SMILES string of the molecule is CCCc1cc(C(=O)N2CCC[C@H](C3=NS(=O)(=O)c4ccccc4N3)C2)no1. The number of fused-ring (bicyclic) bond motifs is 1. The predicted molar refractivity (Wildman–Crippen MR) is 104 cm³/mol. The minimum absolute atomic E-state index is 0.175. The molecule has 0 unspecified atom stereocenters. The fraction of sp³-hybridized carbons (Fsp3) is 0.421. The molecule has 1 aromatic carbocycles. The third-order valence-corrected chi connectivity index (χ3v) is 6.36. The topological polar surface area (TPSA) is 105 Å². The maximum absolute atomic E-state index is 12.8. The number of nitrogens with one attached hydrogen (secondary N) is 1. The summed E-state index contributed by atoms with van der Waals surface area (Å²) in [7, 11) is -3.74. The number of piperidine rings is 1. The van der Waals surface area contributed by atoms with Crippen LogP contribution in [0.3, 0.4) is 0 Å². The number of sulfonamides is 1. The highest BCUT2D eigenvalue weighted by molar-refractivity contribution is 7.90. The van der Waals surface area contributed by atoms with Crippen LogP contribution in [0, 0.1) is 5.92 Å². The summed E-state index contributed by atoms with van der Waals surface area (Å²) >= 11 is 0. The van der Waals surface area contributed by atoms with Gasteiger partial charge in [-0.25, -0.2) is 0 Å². The lowest BCUT2D eigenvalue weighted by Gasteiger charge is -2.34. The number of amidine groups is 1. The van der Waals surface area contributed by atoms with Gasteiger partial charge < -0.3 is 14.7 Å². The Morgan fingerprint density at radius 2 is 2.18 bits per heavy atom. The van der Waals surface area contributed by atoms with E-state index in [4.69, 9.17) is 4.52 Å². The summed E-state index contributed by atoms with van der Waals surface area (Å²) in [5.74, 6) is 0.710. The van der Waals surface area contributed by atoms with Crippen LogP contribution in [-0.4, -0.2) is 43.3 Å². The van der Waals surface area contributed by atoms with Gasteiger partial charge in [-0.05, 0) is 31.4 Å². The second-order valence-corrected chi connectivity index (χ2v) is 8.66. The van der Waals surface area contributed by atoms with Crippen molar-refractivity contribution >= 4 is 27.5 Å². The Morgan fingerprint density at radius 3 is 3.00 bits per heavy atom. The van der Waals surface area contributed by atoms with Crippen molar-refractivity contribution in [2.45, 2.75) is 37.5 Å². The van der Waals surface area contributed by atoms with Gasteiger partial charge in [0.25, 0.3) is 15.9 Å². The summed E-state index contributed by atoms with van der Waals surface area (Å²) in [6.07, 6.45) is 3.17. The zero-order valence-corrected chi connectivity index (χ0v) is 16.4. The molecule has 8 nitrogen and oxygen atoms in total. The summed E-state index contributed by atoms with van der Waals surface area (Å²) in [6.45, 7) is 3.02. The fourth-order valence-electron chi connectivity index (χ4n) is 3.64. The Bertz CT molecular complexity index is 1030. The number of amides is 1. The first-order valence-corrected chi connectivity index (χ1v) is 10.9. The number of nitrogens with zero attached hydrogens (tertiary/aromatic N) is 3. The van der Waals surface area contributed by atoms with Crippen LogP contribution in [0.15, 0.2) is 44.1 Å². The molecule has 1 N–H and O–H groups in total. The van der Waals surface area contributed by atoms with Crippen LogP contribution in [-0.2, 0) is 16.4 Å². The smallest absolute Gasteiger partial charge is 0.286 e. The average Bonchev–Trinajstić information content (AvgIpc) is 3.16. The maximum atomic E-state index is 12.8. The molecule has 0 aliphatic carbocycles. The van der Waals surface area contributed by atoms with E-state index in [1.165, 1.54) is 6.07 Å². The van der Waals surface area contributed by atoms with Gasteiger partial charge in [-0.1, -0.05) is 24.2 Å². The van der Waals surface area contributed by atoms with Gasteiger partial charge in [0.15, 0.2) is 5.69 Å². The van der Waals surface area contributed by atoms with E-state index >= 15 is 0 Å². The standard InChI is InChI=1S/C19H22N4O4S/c1-2-6-14-11-16(21-27-14)19(24)23-10-5-7-13(12-23)18-20-15-8-3-4-9-17(15)28(25,26)22-18/h3-4,8-9,11,13H,2,5-7,10,12H2,1H3,(H,20,22)/t13-/m0/s1. The molecular weight excluding hydrogens is 380 g/mol. The number of para-hydroxylation sites is 1. The zero-order valence-electron chi connectivity index (χ0n) is 15.6. The normalized spacial score (nSPS) is 20.8. The van der Waals surface area contributed by atoms with Gasteiger partial charge >= 0.3 is 0 Å². The number of anilines is 1. The largest absolute Gasteiger partial charge is 0.361 e. The predicted octanol–water partition coefficient (Wildman–Crippen LogP) is 2.69. The summed E-state index contributed by atoms with van der Waals surface area (Å²) in [5, 5.41) is 7.03. The highest BCUT2D eigenvalue weighted by Gasteiger charge is 2.33. The van der Waals surface area contributed by atoms with Crippen molar-refractivity contribution in [1.82, 2.24) is 10.1 Å². The molecule has 0 radical (unpaired) electrons. The van der Waals surface area contributed by atoms with Crippen molar-refractivity contribution in [1.29, 1.82) is 0 Å². The van der Waals surface area contributed by atoms with Crippen molar-refractivity contribution in [2.24, 2.45) is 10.3 Å². The second kappa shape index (κ2) is 7.38. The molecule has 148 valence electrons. The molecule has 1 saturated heterocycles. The Hall–Kier alpha value is -2.68. The van der Waals surface area contributed by atoms with Crippen LogP contribution in [0.1, 0.15) is 42.4 Å². The number of benzene rings is 1. The Kier molecular flexibility index (Phi) is 4.92. The van der Waals surface area contributed by atoms with E-state index in [0.29, 0.717) is 36.1 Å². The van der Waals surface area contributed by atoms with Crippen molar-refractivity contribution in [3.63, 3.8) is 0 Å². The number of aromatic nitrogens is 1. The molecule has 3 heterocycles. The van der Waals surface area contributed by atoms with Gasteiger partial charge in [0, 0.05) is 31.5 Å². The van der Waals surface area contributed by atoms with Crippen LogP contribution in [0.25, 0.3) is 0 Å². The van der Waals surface area contributed by atoms with E-state index in [2.05, 4.69) is 14.9 Å². The summed E-state index contributed by atoms with van der Waals surface area (Å²) in [5.41, 5.74) is 0.817. The number of hydrogen-bond acceptors (Lipinski definition) is 6. The summed E-state index contributed by atoms with van der Waals surface area (Å²) in [6, 6.07) is 8.39. The van der Waals surface area contributed by atoms with E-state index in [9.17, 15) is 13.2 Å². The third-order valence-electron chi connectivity index (χ3n) is 5.02. The quantitative estimate of drug-likeness (QED) is 0.843. The van der Waals surface area contributed by atoms with E-state index in [0.717, 1.165) is 25.7 Å². The van der Waals surface area contributed by atoms with Crippen LogP contribution in [0.2, 0.25) is 0 Å².